The van der Waals surface area contributed by atoms with E-state index in [1.165, 1.54) is 10.7 Å². The maximum atomic E-state index is 13.8. The minimum absolute atomic E-state index is 0.154. The first kappa shape index (κ1) is 18.6. The van der Waals surface area contributed by atoms with Crippen LogP contribution in [0.5, 0.6) is 0 Å². The Morgan fingerprint density at radius 2 is 1.85 bits per heavy atom. The van der Waals surface area contributed by atoms with Crippen molar-refractivity contribution in [2.75, 3.05) is 4.72 Å². The molecule has 2 aromatic carbocycles. The van der Waals surface area contributed by atoms with Crippen molar-refractivity contribution in [1.82, 2.24) is 9.78 Å². The van der Waals surface area contributed by atoms with Crippen LogP contribution >= 0.6 is 15.9 Å². The monoisotopic (exact) mass is 437 g/mol. The van der Waals surface area contributed by atoms with Crippen molar-refractivity contribution in [3.05, 3.63) is 76.1 Å². The van der Waals surface area contributed by atoms with Gasteiger partial charge >= 0.3 is 0 Å². The highest BCUT2D eigenvalue weighted by atomic mass is 79.9. The van der Waals surface area contributed by atoms with E-state index >= 15 is 0 Å². The molecule has 0 saturated heterocycles. The van der Waals surface area contributed by atoms with E-state index in [1.54, 1.807) is 48.7 Å². The molecule has 0 aliphatic rings. The number of aryl methyl sites for hydroxylation is 1. The maximum Gasteiger partial charge on any atom is 0.263 e. The Kier molecular flexibility index (Phi) is 5.43. The molecule has 0 spiro atoms. The molecular formula is C18H17BrFN3O2S. The van der Waals surface area contributed by atoms with Crippen LogP contribution in [0.1, 0.15) is 18.1 Å². The zero-order valence-corrected chi connectivity index (χ0v) is 16.4. The van der Waals surface area contributed by atoms with Gasteiger partial charge < -0.3 is 0 Å². The SMILES string of the molecule is CCc1ccc(S(=O)(=O)Nc2nn(Cc3ccccc3F)cc2Br)cc1. The maximum absolute atomic E-state index is 13.8. The number of halogens is 2. The lowest BCUT2D eigenvalue weighted by molar-refractivity contribution is 0.585. The Morgan fingerprint density at radius 1 is 1.15 bits per heavy atom. The molecule has 0 unspecified atom stereocenters. The summed E-state index contributed by atoms with van der Waals surface area (Å²) in [7, 11) is -3.76. The van der Waals surface area contributed by atoms with Crippen LogP contribution in [0.25, 0.3) is 0 Å². The topological polar surface area (TPSA) is 64.0 Å². The first-order valence-corrected chi connectivity index (χ1v) is 10.2. The van der Waals surface area contributed by atoms with E-state index in [0.717, 1.165) is 12.0 Å². The van der Waals surface area contributed by atoms with Crippen LogP contribution in [0.2, 0.25) is 0 Å². The Bertz CT molecular complexity index is 1020. The number of nitrogens with one attached hydrogen (secondary N) is 1. The molecule has 0 radical (unpaired) electrons. The van der Waals surface area contributed by atoms with Crippen LogP contribution in [-0.4, -0.2) is 18.2 Å². The van der Waals surface area contributed by atoms with Gasteiger partial charge in [0.1, 0.15) is 5.82 Å². The number of sulfonamides is 1. The first-order valence-electron chi connectivity index (χ1n) is 7.97. The molecule has 3 aromatic rings. The van der Waals surface area contributed by atoms with Crippen LogP contribution in [0, 0.1) is 5.82 Å². The van der Waals surface area contributed by atoms with Gasteiger partial charge in [0.2, 0.25) is 0 Å². The Morgan fingerprint density at radius 3 is 2.50 bits per heavy atom. The zero-order chi connectivity index (χ0) is 18.7. The van der Waals surface area contributed by atoms with Gasteiger partial charge in [0.25, 0.3) is 10.0 Å². The number of benzene rings is 2. The highest BCUT2D eigenvalue weighted by Gasteiger charge is 2.18. The van der Waals surface area contributed by atoms with Crippen LogP contribution < -0.4 is 4.72 Å². The lowest BCUT2D eigenvalue weighted by atomic mass is 10.2. The number of aromatic nitrogens is 2. The lowest BCUT2D eigenvalue weighted by Gasteiger charge is -2.07. The number of nitrogens with zero attached hydrogens (tertiary/aromatic N) is 2. The van der Waals surface area contributed by atoms with Crippen molar-refractivity contribution in [3.63, 3.8) is 0 Å². The predicted octanol–water partition coefficient (Wildman–Crippen LogP) is 4.20. The molecular weight excluding hydrogens is 421 g/mol. The van der Waals surface area contributed by atoms with Gasteiger partial charge in [0, 0.05) is 11.8 Å². The van der Waals surface area contributed by atoms with E-state index in [9.17, 15) is 12.8 Å². The third-order valence-electron chi connectivity index (χ3n) is 3.88. The summed E-state index contributed by atoms with van der Waals surface area (Å²) in [6.45, 7) is 2.19. The van der Waals surface area contributed by atoms with Crippen molar-refractivity contribution in [2.45, 2.75) is 24.8 Å². The number of hydrogen-bond donors (Lipinski definition) is 1. The van der Waals surface area contributed by atoms with Gasteiger partial charge in [-0.3, -0.25) is 9.40 Å². The standard InChI is InChI=1S/C18H17BrFN3O2S/c1-2-13-7-9-15(10-8-13)26(24,25)22-18-16(19)12-23(21-18)11-14-5-3-4-6-17(14)20/h3-10,12H,2,11H2,1H3,(H,21,22). The van der Waals surface area contributed by atoms with Crippen LogP contribution in [0.3, 0.4) is 0 Å². The molecule has 0 bridgehead atoms. The van der Waals surface area contributed by atoms with Crippen molar-refractivity contribution in [2.24, 2.45) is 0 Å². The minimum atomic E-state index is -3.76. The van der Waals surface area contributed by atoms with Crippen molar-refractivity contribution in [1.29, 1.82) is 0 Å². The highest BCUT2D eigenvalue weighted by molar-refractivity contribution is 9.10. The number of anilines is 1. The van der Waals surface area contributed by atoms with Gasteiger partial charge in [0.05, 0.1) is 15.9 Å². The third kappa shape index (κ3) is 4.13. The molecule has 0 saturated carbocycles. The molecule has 3 rings (SSSR count). The van der Waals surface area contributed by atoms with Crippen molar-refractivity contribution < 1.29 is 12.8 Å². The summed E-state index contributed by atoms with van der Waals surface area (Å²) in [6.07, 6.45) is 2.43. The van der Waals surface area contributed by atoms with E-state index < -0.39 is 10.0 Å². The summed E-state index contributed by atoms with van der Waals surface area (Å²) in [5.74, 6) is -0.182. The van der Waals surface area contributed by atoms with Gasteiger partial charge in [-0.25, -0.2) is 12.8 Å². The second kappa shape index (κ2) is 7.59. The van der Waals surface area contributed by atoms with Gasteiger partial charge in [-0.2, -0.15) is 5.10 Å². The summed E-state index contributed by atoms with van der Waals surface area (Å²) >= 11 is 3.29. The quantitative estimate of drug-likeness (QED) is 0.628. The molecule has 0 atom stereocenters. The molecule has 0 fully saturated rings. The fourth-order valence-corrected chi connectivity index (χ4v) is 4.00. The third-order valence-corrected chi connectivity index (χ3v) is 5.82. The normalized spacial score (nSPS) is 11.5. The zero-order valence-electron chi connectivity index (χ0n) is 14.0. The second-order valence-corrected chi connectivity index (χ2v) is 8.25. The summed E-state index contributed by atoms with van der Waals surface area (Å²) in [5, 5.41) is 4.20. The molecule has 0 aliphatic heterocycles. The summed E-state index contributed by atoms with van der Waals surface area (Å²) < 4.78 is 43.2. The van der Waals surface area contributed by atoms with E-state index in [2.05, 4.69) is 25.8 Å². The minimum Gasteiger partial charge on any atom is -0.265 e. The summed E-state index contributed by atoms with van der Waals surface area (Å²) in [5.41, 5.74) is 1.52. The average molecular weight is 438 g/mol. The molecule has 0 aliphatic carbocycles. The molecule has 1 aromatic heterocycles. The number of hydrogen-bond acceptors (Lipinski definition) is 3. The molecule has 1 N–H and O–H groups in total. The van der Waals surface area contributed by atoms with Crippen LogP contribution in [0.4, 0.5) is 10.2 Å². The van der Waals surface area contributed by atoms with E-state index in [-0.39, 0.29) is 23.1 Å². The fourth-order valence-electron chi connectivity index (χ4n) is 2.44. The van der Waals surface area contributed by atoms with E-state index in [4.69, 9.17) is 0 Å². The van der Waals surface area contributed by atoms with Gasteiger partial charge in [-0.15, -0.1) is 0 Å². The van der Waals surface area contributed by atoms with Crippen molar-refractivity contribution >= 4 is 31.8 Å². The van der Waals surface area contributed by atoms with Gasteiger partial charge in [0.15, 0.2) is 5.82 Å². The first-order chi connectivity index (χ1) is 12.4. The van der Waals surface area contributed by atoms with E-state index in [0.29, 0.717) is 10.0 Å². The largest absolute Gasteiger partial charge is 0.265 e. The van der Waals surface area contributed by atoms with E-state index in [1.807, 2.05) is 6.92 Å². The molecule has 1 heterocycles. The Hall–Kier alpha value is -2.19. The average Bonchev–Trinajstić information content (AvgIpc) is 2.95. The number of rotatable bonds is 6. The van der Waals surface area contributed by atoms with Gasteiger partial charge in [-0.1, -0.05) is 37.3 Å². The summed E-state index contributed by atoms with van der Waals surface area (Å²) in [4.78, 5) is 0.158. The van der Waals surface area contributed by atoms with Gasteiger partial charge in [-0.05, 0) is 46.1 Å². The lowest BCUT2D eigenvalue weighted by Crippen LogP contribution is -2.14. The smallest absolute Gasteiger partial charge is 0.263 e. The Balaban J connectivity index is 1.81. The van der Waals surface area contributed by atoms with Crippen LogP contribution in [-0.2, 0) is 23.0 Å². The molecule has 5 nitrogen and oxygen atoms in total. The van der Waals surface area contributed by atoms with Crippen LogP contribution in [0.15, 0.2) is 64.1 Å². The molecule has 0 amide bonds. The second-order valence-electron chi connectivity index (χ2n) is 5.72. The molecule has 8 heteroatoms. The fraction of sp³-hybridized carbons (Fsp3) is 0.167. The molecule has 136 valence electrons. The molecule has 26 heavy (non-hydrogen) atoms. The Labute approximate surface area is 160 Å². The summed E-state index contributed by atoms with van der Waals surface area (Å²) in [6, 6.07) is 13.1. The van der Waals surface area contributed by atoms with Crippen molar-refractivity contribution in [3.8, 4) is 0 Å². The highest BCUT2D eigenvalue weighted by Crippen LogP contribution is 2.24. The predicted molar refractivity (Wildman–Crippen MR) is 102 cm³/mol.